The first-order valence-corrected chi connectivity index (χ1v) is 9.99. The summed E-state index contributed by atoms with van der Waals surface area (Å²) in [6.45, 7) is 6.14. The number of anilines is 1. The van der Waals surface area contributed by atoms with Crippen LogP contribution in [0.1, 0.15) is 36.0 Å². The highest BCUT2D eigenvalue weighted by molar-refractivity contribution is 5.94. The molecule has 0 aliphatic carbocycles. The number of nitrogens with zero attached hydrogens (tertiary/aromatic N) is 3. The van der Waals surface area contributed by atoms with Crippen molar-refractivity contribution in [1.82, 2.24) is 14.8 Å². The number of nitrogens with two attached hydrogens (primary N) is 1. The number of carbonyl (C=O) groups is 1. The van der Waals surface area contributed by atoms with Crippen molar-refractivity contribution in [1.29, 1.82) is 0 Å². The fourth-order valence-electron chi connectivity index (χ4n) is 3.91. The standard InChI is InChI=1S/C20H32N4O3/c1-26-12-10-23-8-6-16(7-9-23)14-24(15-18-3-2-11-27-18)20(25)17-4-5-19(21)22-13-17/h4-5,13,16,18H,2-3,6-12,14-15H2,1H3,(H2,21,22)/t18-/m1/s1. The van der Waals surface area contributed by atoms with E-state index in [1.807, 2.05) is 4.90 Å². The zero-order valence-corrected chi connectivity index (χ0v) is 16.3. The minimum Gasteiger partial charge on any atom is -0.384 e. The quantitative estimate of drug-likeness (QED) is 0.743. The molecule has 1 aromatic rings. The lowest BCUT2D eigenvalue weighted by molar-refractivity contribution is 0.0436. The second-order valence-corrected chi connectivity index (χ2v) is 7.59. The Labute approximate surface area is 161 Å². The van der Waals surface area contributed by atoms with Crippen molar-refractivity contribution in [2.75, 3.05) is 58.8 Å². The molecule has 2 aliphatic rings. The van der Waals surface area contributed by atoms with Crippen LogP contribution in [0.15, 0.2) is 18.3 Å². The zero-order chi connectivity index (χ0) is 19.1. The molecule has 2 saturated heterocycles. The van der Waals surface area contributed by atoms with Gasteiger partial charge in [0.05, 0.1) is 18.3 Å². The Morgan fingerprint density at radius 2 is 2.15 bits per heavy atom. The zero-order valence-electron chi connectivity index (χ0n) is 16.3. The van der Waals surface area contributed by atoms with E-state index in [0.717, 1.165) is 65.1 Å². The highest BCUT2D eigenvalue weighted by Gasteiger charge is 2.27. The van der Waals surface area contributed by atoms with Gasteiger partial charge in [0.25, 0.3) is 5.91 Å². The summed E-state index contributed by atoms with van der Waals surface area (Å²) in [5, 5.41) is 0. The maximum Gasteiger partial charge on any atom is 0.255 e. The minimum absolute atomic E-state index is 0.0276. The molecule has 7 nitrogen and oxygen atoms in total. The molecule has 0 radical (unpaired) electrons. The molecule has 1 atom stereocenters. The second-order valence-electron chi connectivity index (χ2n) is 7.59. The molecule has 2 aliphatic heterocycles. The number of ether oxygens (including phenoxy) is 2. The summed E-state index contributed by atoms with van der Waals surface area (Å²) in [6.07, 6.45) is 6.05. The van der Waals surface area contributed by atoms with Gasteiger partial charge in [0, 0.05) is 39.5 Å². The van der Waals surface area contributed by atoms with Gasteiger partial charge in [-0.3, -0.25) is 4.79 Å². The molecule has 7 heteroatoms. The summed E-state index contributed by atoms with van der Waals surface area (Å²) in [6, 6.07) is 3.45. The van der Waals surface area contributed by atoms with Gasteiger partial charge in [0.15, 0.2) is 0 Å². The van der Waals surface area contributed by atoms with Gasteiger partial charge in [-0.1, -0.05) is 0 Å². The third-order valence-electron chi connectivity index (χ3n) is 5.57. The van der Waals surface area contributed by atoms with Crippen molar-refractivity contribution < 1.29 is 14.3 Å². The Morgan fingerprint density at radius 1 is 1.33 bits per heavy atom. The molecule has 2 N–H and O–H groups in total. The lowest BCUT2D eigenvalue weighted by Crippen LogP contribution is -2.44. The van der Waals surface area contributed by atoms with Crippen molar-refractivity contribution >= 4 is 11.7 Å². The third-order valence-corrected chi connectivity index (χ3v) is 5.57. The van der Waals surface area contributed by atoms with E-state index in [9.17, 15) is 4.79 Å². The summed E-state index contributed by atoms with van der Waals surface area (Å²) < 4.78 is 11.0. The summed E-state index contributed by atoms with van der Waals surface area (Å²) in [5.41, 5.74) is 6.26. The first-order chi connectivity index (χ1) is 13.2. The normalized spacial score (nSPS) is 21.4. The summed E-state index contributed by atoms with van der Waals surface area (Å²) in [7, 11) is 1.74. The van der Waals surface area contributed by atoms with Crippen LogP contribution in [0.5, 0.6) is 0 Å². The molecule has 2 fully saturated rings. The van der Waals surface area contributed by atoms with E-state index in [4.69, 9.17) is 15.2 Å². The monoisotopic (exact) mass is 376 g/mol. The Morgan fingerprint density at radius 3 is 2.78 bits per heavy atom. The minimum atomic E-state index is 0.0276. The Kier molecular flexibility index (Phi) is 7.43. The van der Waals surface area contributed by atoms with Gasteiger partial charge >= 0.3 is 0 Å². The maximum atomic E-state index is 13.1. The van der Waals surface area contributed by atoms with E-state index in [2.05, 4.69) is 9.88 Å². The van der Waals surface area contributed by atoms with Crippen LogP contribution >= 0.6 is 0 Å². The van der Waals surface area contributed by atoms with Gasteiger partial charge in [0.2, 0.25) is 0 Å². The number of aromatic nitrogens is 1. The molecule has 1 amide bonds. The number of piperidine rings is 1. The van der Waals surface area contributed by atoms with Gasteiger partial charge in [-0.2, -0.15) is 0 Å². The van der Waals surface area contributed by atoms with Crippen LogP contribution in [-0.2, 0) is 9.47 Å². The fraction of sp³-hybridized carbons (Fsp3) is 0.700. The molecule has 0 aromatic carbocycles. The molecule has 0 saturated carbocycles. The van der Waals surface area contributed by atoms with Crippen LogP contribution in [0.2, 0.25) is 0 Å². The number of hydrogen-bond donors (Lipinski definition) is 1. The lowest BCUT2D eigenvalue weighted by atomic mass is 9.95. The Balaban J connectivity index is 1.60. The molecule has 27 heavy (non-hydrogen) atoms. The highest BCUT2D eigenvalue weighted by atomic mass is 16.5. The first kappa shape index (κ1) is 20.0. The molecule has 0 unspecified atom stereocenters. The van der Waals surface area contributed by atoms with Crippen molar-refractivity contribution in [3.05, 3.63) is 23.9 Å². The van der Waals surface area contributed by atoms with Gasteiger partial charge in [-0.25, -0.2) is 4.98 Å². The molecule has 1 aromatic heterocycles. The molecule has 150 valence electrons. The molecular weight excluding hydrogens is 344 g/mol. The van der Waals surface area contributed by atoms with E-state index in [1.54, 1.807) is 25.4 Å². The SMILES string of the molecule is COCCN1CCC(CN(C[C@H]2CCCO2)C(=O)c2ccc(N)nc2)CC1. The van der Waals surface area contributed by atoms with Gasteiger partial charge < -0.3 is 25.0 Å². The topological polar surface area (TPSA) is 80.9 Å². The molecule has 0 bridgehead atoms. The summed E-state index contributed by atoms with van der Waals surface area (Å²) in [5.74, 6) is 0.983. The number of amides is 1. The van der Waals surface area contributed by atoms with Gasteiger partial charge in [-0.15, -0.1) is 0 Å². The van der Waals surface area contributed by atoms with Crippen molar-refractivity contribution in [3.8, 4) is 0 Å². The smallest absolute Gasteiger partial charge is 0.255 e. The number of methoxy groups -OCH3 is 1. The van der Waals surface area contributed by atoms with E-state index in [1.165, 1.54) is 0 Å². The number of likely N-dealkylation sites (tertiary alicyclic amines) is 1. The number of rotatable bonds is 8. The van der Waals surface area contributed by atoms with Crippen molar-refractivity contribution in [2.45, 2.75) is 31.8 Å². The first-order valence-electron chi connectivity index (χ1n) is 9.99. The van der Waals surface area contributed by atoms with Crippen LogP contribution in [-0.4, -0.2) is 79.8 Å². The van der Waals surface area contributed by atoms with E-state index >= 15 is 0 Å². The Bertz CT molecular complexity index is 581. The summed E-state index contributed by atoms with van der Waals surface area (Å²) >= 11 is 0. The van der Waals surface area contributed by atoms with Crippen molar-refractivity contribution in [2.24, 2.45) is 5.92 Å². The number of carbonyl (C=O) groups excluding carboxylic acids is 1. The van der Waals surface area contributed by atoms with E-state index in [-0.39, 0.29) is 12.0 Å². The van der Waals surface area contributed by atoms with Crippen LogP contribution < -0.4 is 5.73 Å². The van der Waals surface area contributed by atoms with Crippen LogP contribution in [0.4, 0.5) is 5.82 Å². The number of pyridine rings is 1. The van der Waals surface area contributed by atoms with Crippen LogP contribution in [0.3, 0.4) is 0 Å². The highest BCUT2D eigenvalue weighted by Crippen LogP contribution is 2.21. The molecule has 3 heterocycles. The third kappa shape index (κ3) is 5.89. The average Bonchev–Trinajstić information content (AvgIpc) is 3.20. The van der Waals surface area contributed by atoms with Crippen LogP contribution in [0.25, 0.3) is 0 Å². The predicted molar refractivity (Wildman–Crippen MR) is 105 cm³/mol. The lowest BCUT2D eigenvalue weighted by Gasteiger charge is -2.35. The predicted octanol–water partition coefficient (Wildman–Crippen LogP) is 1.64. The largest absolute Gasteiger partial charge is 0.384 e. The molecule has 0 spiro atoms. The molecular formula is C20H32N4O3. The molecule has 3 rings (SSSR count). The van der Waals surface area contributed by atoms with E-state index < -0.39 is 0 Å². The number of hydrogen-bond acceptors (Lipinski definition) is 6. The van der Waals surface area contributed by atoms with Crippen molar-refractivity contribution in [3.63, 3.8) is 0 Å². The second kappa shape index (κ2) is 10.0. The van der Waals surface area contributed by atoms with Crippen LogP contribution in [0, 0.1) is 5.92 Å². The summed E-state index contributed by atoms with van der Waals surface area (Å²) in [4.78, 5) is 21.6. The van der Waals surface area contributed by atoms with Gasteiger partial charge in [-0.05, 0) is 56.8 Å². The average molecular weight is 377 g/mol. The van der Waals surface area contributed by atoms with E-state index in [0.29, 0.717) is 23.8 Å². The van der Waals surface area contributed by atoms with Gasteiger partial charge in [0.1, 0.15) is 5.82 Å². The number of nitrogen functional groups attached to an aromatic ring is 1. The maximum absolute atomic E-state index is 13.1. The Hall–Kier alpha value is -1.70. The fourth-order valence-corrected chi connectivity index (χ4v) is 3.91.